The van der Waals surface area contributed by atoms with Crippen molar-refractivity contribution in [2.24, 2.45) is 0 Å². The first-order valence-corrected chi connectivity index (χ1v) is 5.86. The van der Waals surface area contributed by atoms with Gasteiger partial charge in [0.2, 0.25) is 0 Å². The number of aliphatic carboxylic acids is 1. The highest BCUT2D eigenvalue weighted by Crippen LogP contribution is 2.16. The maximum Gasteiger partial charge on any atom is 0.316 e. The summed E-state index contributed by atoms with van der Waals surface area (Å²) < 4.78 is 24.3. The molecule has 1 aromatic rings. The molecule has 1 unspecified atom stereocenters. The highest BCUT2D eigenvalue weighted by Gasteiger charge is 2.10. The maximum atomic E-state index is 13.1. The van der Waals surface area contributed by atoms with E-state index in [0.717, 1.165) is 6.07 Å². The summed E-state index contributed by atoms with van der Waals surface area (Å²) >= 11 is 5.62. The molecule has 15 heavy (non-hydrogen) atoms. The van der Waals surface area contributed by atoms with Gasteiger partial charge < -0.3 is 5.11 Å². The lowest BCUT2D eigenvalue weighted by molar-refractivity contribution is -0.133. The number of carboxylic acid groups (broad SMARTS) is 1. The van der Waals surface area contributed by atoms with Crippen molar-refractivity contribution >= 4 is 28.4 Å². The molecular weight excluding hydrogens is 243 g/mol. The number of rotatable bonds is 4. The molecule has 0 amide bonds. The van der Waals surface area contributed by atoms with Crippen LogP contribution in [0, 0.1) is 5.82 Å². The number of halogens is 2. The van der Waals surface area contributed by atoms with E-state index < -0.39 is 28.3 Å². The van der Waals surface area contributed by atoms with Crippen LogP contribution in [0.15, 0.2) is 18.2 Å². The van der Waals surface area contributed by atoms with Crippen LogP contribution in [-0.4, -0.2) is 21.0 Å². The summed E-state index contributed by atoms with van der Waals surface area (Å²) in [4.78, 5) is 10.2. The van der Waals surface area contributed by atoms with Crippen LogP contribution < -0.4 is 0 Å². The van der Waals surface area contributed by atoms with Gasteiger partial charge in [0.15, 0.2) is 0 Å². The van der Waals surface area contributed by atoms with Gasteiger partial charge in [0.1, 0.15) is 11.6 Å². The maximum absolute atomic E-state index is 13.1. The van der Waals surface area contributed by atoms with E-state index in [1.807, 2.05) is 0 Å². The van der Waals surface area contributed by atoms with Gasteiger partial charge in [-0.05, 0) is 18.2 Å². The van der Waals surface area contributed by atoms with Crippen molar-refractivity contribution in [3.63, 3.8) is 0 Å². The smallest absolute Gasteiger partial charge is 0.316 e. The normalized spacial score (nSPS) is 12.4. The predicted octanol–water partition coefficient (Wildman–Crippen LogP) is 1.81. The topological polar surface area (TPSA) is 54.4 Å². The molecule has 0 fully saturated rings. The van der Waals surface area contributed by atoms with Crippen LogP contribution in [0.5, 0.6) is 0 Å². The number of hydrogen-bond donors (Lipinski definition) is 1. The van der Waals surface area contributed by atoms with Gasteiger partial charge in [0, 0.05) is 21.4 Å². The molecule has 0 aliphatic heterocycles. The second-order valence-electron chi connectivity index (χ2n) is 2.86. The quantitative estimate of drug-likeness (QED) is 0.887. The molecule has 0 aliphatic carbocycles. The summed E-state index contributed by atoms with van der Waals surface area (Å²) in [5, 5.41) is 8.71. The standard InChI is InChI=1S/C9H8ClFO3S/c10-7-1-2-8(11)6(3-7)4-15(14)5-9(12)13/h1-3H,4-5H2,(H,12,13). The van der Waals surface area contributed by atoms with Gasteiger partial charge >= 0.3 is 5.97 Å². The van der Waals surface area contributed by atoms with E-state index >= 15 is 0 Å². The van der Waals surface area contributed by atoms with E-state index in [0.29, 0.717) is 5.02 Å². The number of carbonyl (C=O) groups is 1. The van der Waals surface area contributed by atoms with Gasteiger partial charge in [0.25, 0.3) is 0 Å². The fourth-order valence-corrected chi connectivity index (χ4v) is 2.16. The summed E-state index contributed by atoms with van der Waals surface area (Å²) in [6.45, 7) is 0. The molecule has 0 saturated heterocycles. The van der Waals surface area contributed by atoms with Gasteiger partial charge in [-0.15, -0.1) is 0 Å². The van der Waals surface area contributed by atoms with E-state index in [1.54, 1.807) is 0 Å². The molecule has 1 N–H and O–H groups in total. The van der Waals surface area contributed by atoms with Crippen molar-refractivity contribution in [2.45, 2.75) is 5.75 Å². The van der Waals surface area contributed by atoms with Gasteiger partial charge in [-0.1, -0.05) is 11.6 Å². The second kappa shape index (κ2) is 5.23. The lowest BCUT2D eigenvalue weighted by Gasteiger charge is -2.02. The molecule has 82 valence electrons. The van der Waals surface area contributed by atoms with E-state index in [4.69, 9.17) is 16.7 Å². The van der Waals surface area contributed by atoms with Crippen LogP contribution in [0.4, 0.5) is 4.39 Å². The van der Waals surface area contributed by atoms with Gasteiger partial charge in [-0.3, -0.25) is 9.00 Å². The number of benzene rings is 1. The number of carboxylic acids is 1. The Morgan fingerprint density at radius 3 is 2.80 bits per heavy atom. The van der Waals surface area contributed by atoms with E-state index in [9.17, 15) is 13.4 Å². The van der Waals surface area contributed by atoms with Crippen LogP contribution >= 0.6 is 11.6 Å². The zero-order valence-electron chi connectivity index (χ0n) is 7.57. The Morgan fingerprint density at radius 2 is 2.20 bits per heavy atom. The molecule has 1 rings (SSSR count). The molecule has 0 aliphatic rings. The molecule has 0 radical (unpaired) electrons. The van der Waals surface area contributed by atoms with E-state index in [2.05, 4.69) is 0 Å². The van der Waals surface area contributed by atoms with Crippen molar-refractivity contribution in [1.82, 2.24) is 0 Å². The lowest BCUT2D eigenvalue weighted by atomic mass is 10.2. The van der Waals surface area contributed by atoms with Crippen LogP contribution in [0.25, 0.3) is 0 Å². The fraction of sp³-hybridized carbons (Fsp3) is 0.222. The van der Waals surface area contributed by atoms with Crippen LogP contribution in [0.1, 0.15) is 5.56 Å². The first kappa shape index (κ1) is 12.1. The fourth-order valence-electron chi connectivity index (χ4n) is 1.02. The highest BCUT2D eigenvalue weighted by atomic mass is 35.5. The first-order chi connectivity index (χ1) is 6.99. The molecule has 0 heterocycles. The number of hydrogen-bond acceptors (Lipinski definition) is 2. The van der Waals surface area contributed by atoms with Crippen molar-refractivity contribution < 1.29 is 18.5 Å². The van der Waals surface area contributed by atoms with Crippen LogP contribution in [-0.2, 0) is 21.3 Å². The van der Waals surface area contributed by atoms with Crippen molar-refractivity contribution in [2.75, 3.05) is 5.75 Å². The highest BCUT2D eigenvalue weighted by molar-refractivity contribution is 7.84. The average Bonchev–Trinajstić information content (AvgIpc) is 2.10. The third-order valence-electron chi connectivity index (χ3n) is 1.61. The summed E-state index contributed by atoms with van der Waals surface area (Å²) in [6, 6.07) is 3.88. The van der Waals surface area contributed by atoms with Crippen LogP contribution in [0.3, 0.4) is 0 Å². The molecule has 0 spiro atoms. The molecular formula is C9H8ClFO3S. The molecule has 6 heteroatoms. The van der Waals surface area contributed by atoms with E-state index in [-0.39, 0.29) is 11.3 Å². The van der Waals surface area contributed by atoms with Crippen LogP contribution in [0.2, 0.25) is 5.02 Å². The summed E-state index contributed by atoms with van der Waals surface area (Å²) in [5.41, 5.74) is 0.169. The Hall–Kier alpha value is -0.940. The van der Waals surface area contributed by atoms with Crippen molar-refractivity contribution in [1.29, 1.82) is 0 Å². The van der Waals surface area contributed by atoms with E-state index in [1.165, 1.54) is 12.1 Å². The Kier molecular flexibility index (Phi) is 4.23. The Bertz CT molecular complexity index is 408. The minimum absolute atomic E-state index is 0.140. The van der Waals surface area contributed by atoms with Crippen molar-refractivity contribution in [3.05, 3.63) is 34.6 Å². The zero-order chi connectivity index (χ0) is 11.4. The monoisotopic (exact) mass is 250 g/mol. The third-order valence-corrected chi connectivity index (χ3v) is 3.05. The van der Waals surface area contributed by atoms with Gasteiger partial charge in [-0.25, -0.2) is 4.39 Å². The van der Waals surface area contributed by atoms with Gasteiger partial charge in [-0.2, -0.15) is 0 Å². The lowest BCUT2D eigenvalue weighted by Crippen LogP contribution is -2.11. The molecule has 1 aromatic carbocycles. The predicted molar refractivity (Wildman–Crippen MR) is 55.8 cm³/mol. The molecule has 1 atom stereocenters. The Balaban J connectivity index is 2.76. The largest absolute Gasteiger partial charge is 0.481 e. The molecule has 0 aromatic heterocycles. The average molecular weight is 251 g/mol. The third kappa shape index (κ3) is 3.97. The second-order valence-corrected chi connectivity index (χ2v) is 4.75. The SMILES string of the molecule is O=C(O)CS(=O)Cc1cc(Cl)ccc1F. The summed E-state index contributed by atoms with van der Waals surface area (Å²) in [6.07, 6.45) is 0. The Labute approximate surface area is 93.3 Å². The van der Waals surface area contributed by atoms with Gasteiger partial charge in [0.05, 0.1) is 5.75 Å². The minimum Gasteiger partial charge on any atom is -0.481 e. The summed E-state index contributed by atoms with van der Waals surface area (Å²) in [5.74, 6) is -2.33. The summed E-state index contributed by atoms with van der Waals surface area (Å²) in [7, 11) is -1.62. The van der Waals surface area contributed by atoms with Crippen molar-refractivity contribution in [3.8, 4) is 0 Å². The molecule has 0 saturated carbocycles. The Morgan fingerprint density at radius 1 is 1.53 bits per heavy atom. The first-order valence-electron chi connectivity index (χ1n) is 3.99. The zero-order valence-corrected chi connectivity index (χ0v) is 9.15. The molecule has 0 bridgehead atoms. The minimum atomic E-state index is -1.62. The molecule has 3 nitrogen and oxygen atoms in total.